The van der Waals surface area contributed by atoms with E-state index in [0.29, 0.717) is 24.0 Å². The van der Waals surface area contributed by atoms with Crippen molar-refractivity contribution in [1.29, 1.82) is 0 Å². The van der Waals surface area contributed by atoms with Gasteiger partial charge in [0.25, 0.3) is 5.69 Å². The van der Waals surface area contributed by atoms with Gasteiger partial charge < -0.3 is 10.1 Å². The Morgan fingerprint density at radius 2 is 2.17 bits per heavy atom. The van der Waals surface area contributed by atoms with Crippen molar-refractivity contribution in [2.24, 2.45) is 5.92 Å². The van der Waals surface area contributed by atoms with Gasteiger partial charge in [-0.25, -0.2) is 0 Å². The molecule has 0 radical (unpaired) electrons. The van der Waals surface area contributed by atoms with Crippen LogP contribution in [0.3, 0.4) is 0 Å². The van der Waals surface area contributed by atoms with Crippen molar-refractivity contribution in [1.82, 2.24) is 0 Å². The van der Waals surface area contributed by atoms with Gasteiger partial charge in [0.2, 0.25) is 0 Å². The molecule has 0 aliphatic rings. The molecule has 5 nitrogen and oxygen atoms in total. The van der Waals surface area contributed by atoms with Crippen LogP contribution in [0.2, 0.25) is 0 Å². The third-order valence-corrected chi connectivity index (χ3v) is 2.81. The molecule has 1 unspecified atom stereocenters. The molecule has 0 aliphatic heterocycles. The van der Waals surface area contributed by atoms with E-state index in [1.165, 1.54) is 6.07 Å². The second-order valence-electron chi connectivity index (χ2n) is 4.26. The fourth-order valence-corrected chi connectivity index (χ4v) is 1.50. The molecule has 1 rings (SSSR count). The molecule has 18 heavy (non-hydrogen) atoms. The average Bonchev–Trinajstić information content (AvgIpc) is 2.36. The zero-order chi connectivity index (χ0) is 13.5. The van der Waals surface area contributed by atoms with Gasteiger partial charge in [0.1, 0.15) is 11.4 Å². The summed E-state index contributed by atoms with van der Waals surface area (Å²) < 4.78 is 5.27. The minimum Gasteiger partial charge on any atom is -0.494 e. The SMILES string of the molecule is CCOc1ccc(NCC(C)CC)c([N+](=O)[O-])c1. The molecule has 0 saturated heterocycles. The molecule has 0 amide bonds. The summed E-state index contributed by atoms with van der Waals surface area (Å²) in [6.45, 7) is 7.27. The van der Waals surface area contributed by atoms with Crippen LogP contribution in [0.5, 0.6) is 5.75 Å². The van der Waals surface area contributed by atoms with Crippen molar-refractivity contribution in [3.8, 4) is 5.75 Å². The van der Waals surface area contributed by atoms with E-state index in [2.05, 4.69) is 19.2 Å². The topological polar surface area (TPSA) is 64.4 Å². The van der Waals surface area contributed by atoms with E-state index in [9.17, 15) is 10.1 Å². The van der Waals surface area contributed by atoms with Gasteiger partial charge in [-0.3, -0.25) is 10.1 Å². The fraction of sp³-hybridized carbons (Fsp3) is 0.538. The van der Waals surface area contributed by atoms with Gasteiger partial charge >= 0.3 is 0 Å². The molecule has 0 fully saturated rings. The van der Waals surface area contributed by atoms with Gasteiger partial charge in [0, 0.05) is 6.54 Å². The molecule has 1 aromatic rings. The van der Waals surface area contributed by atoms with Gasteiger partial charge in [0.05, 0.1) is 17.6 Å². The lowest BCUT2D eigenvalue weighted by Crippen LogP contribution is -2.11. The third kappa shape index (κ3) is 3.91. The lowest BCUT2D eigenvalue weighted by atomic mass is 10.1. The van der Waals surface area contributed by atoms with Crippen LogP contribution in [-0.2, 0) is 0 Å². The standard InChI is InChI=1S/C13H20N2O3/c1-4-10(3)9-14-12-7-6-11(18-5-2)8-13(12)15(16)17/h6-8,10,14H,4-5,9H2,1-3H3. The predicted molar refractivity (Wildman–Crippen MR) is 72.2 cm³/mol. The zero-order valence-corrected chi connectivity index (χ0v) is 11.1. The largest absolute Gasteiger partial charge is 0.494 e. The summed E-state index contributed by atoms with van der Waals surface area (Å²) in [5.74, 6) is 1.01. The van der Waals surface area contributed by atoms with Crippen LogP contribution < -0.4 is 10.1 Å². The Hall–Kier alpha value is -1.78. The second-order valence-corrected chi connectivity index (χ2v) is 4.26. The Kier molecular flexibility index (Phi) is 5.42. The van der Waals surface area contributed by atoms with Crippen molar-refractivity contribution < 1.29 is 9.66 Å². The van der Waals surface area contributed by atoms with E-state index in [0.717, 1.165) is 13.0 Å². The molecule has 0 aliphatic carbocycles. The van der Waals surface area contributed by atoms with E-state index in [1.54, 1.807) is 12.1 Å². The molecule has 0 heterocycles. The maximum atomic E-state index is 11.0. The number of anilines is 1. The summed E-state index contributed by atoms with van der Waals surface area (Å²) in [5, 5.41) is 14.1. The number of nitrogens with zero attached hydrogens (tertiary/aromatic N) is 1. The predicted octanol–water partition coefficient (Wildman–Crippen LogP) is 3.45. The number of rotatable bonds is 7. The van der Waals surface area contributed by atoms with Crippen LogP contribution in [0.1, 0.15) is 27.2 Å². The Labute approximate surface area is 107 Å². The van der Waals surface area contributed by atoms with Gasteiger partial charge in [0.15, 0.2) is 0 Å². The quantitative estimate of drug-likeness (QED) is 0.596. The number of ether oxygens (including phenoxy) is 1. The summed E-state index contributed by atoms with van der Waals surface area (Å²) >= 11 is 0. The maximum Gasteiger partial charge on any atom is 0.296 e. The normalized spacial score (nSPS) is 11.9. The van der Waals surface area contributed by atoms with Crippen LogP contribution in [-0.4, -0.2) is 18.1 Å². The Morgan fingerprint density at radius 3 is 2.72 bits per heavy atom. The Morgan fingerprint density at radius 1 is 1.44 bits per heavy atom. The molecule has 0 saturated carbocycles. The highest BCUT2D eigenvalue weighted by atomic mass is 16.6. The average molecular weight is 252 g/mol. The minimum atomic E-state index is -0.387. The van der Waals surface area contributed by atoms with Gasteiger partial charge in [-0.1, -0.05) is 20.3 Å². The van der Waals surface area contributed by atoms with Gasteiger partial charge in [-0.15, -0.1) is 0 Å². The van der Waals surface area contributed by atoms with E-state index in [4.69, 9.17) is 4.74 Å². The van der Waals surface area contributed by atoms with E-state index in [1.807, 2.05) is 6.92 Å². The summed E-state index contributed by atoms with van der Waals surface area (Å²) in [6.07, 6.45) is 1.04. The molecule has 0 aromatic heterocycles. The van der Waals surface area contributed by atoms with Crippen molar-refractivity contribution in [2.45, 2.75) is 27.2 Å². The molecule has 0 spiro atoms. The monoisotopic (exact) mass is 252 g/mol. The van der Waals surface area contributed by atoms with Crippen LogP contribution in [0.15, 0.2) is 18.2 Å². The van der Waals surface area contributed by atoms with E-state index >= 15 is 0 Å². The van der Waals surface area contributed by atoms with Crippen molar-refractivity contribution in [3.05, 3.63) is 28.3 Å². The fourth-order valence-electron chi connectivity index (χ4n) is 1.50. The summed E-state index contributed by atoms with van der Waals surface area (Å²) in [6, 6.07) is 4.91. The first-order valence-electron chi connectivity index (χ1n) is 6.23. The molecular weight excluding hydrogens is 232 g/mol. The van der Waals surface area contributed by atoms with E-state index in [-0.39, 0.29) is 10.6 Å². The van der Waals surface area contributed by atoms with Crippen molar-refractivity contribution >= 4 is 11.4 Å². The smallest absolute Gasteiger partial charge is 0.296 e. The highest BCUT2D eigenvalue weighted by Crippen LogP contribution is 2.29. The molecular formula is C13H20N2O3. The first kappa shape index (κ1) is 14.3. The highest BCUT2D eigenvalue weighted by molar-refractivity contribution is 5.63. The molecule has 1 atom stereocenters. The first-order chi connectivity index (χ1) is 8.58. The lowest BCUT2D eigenvalue weighted by Gasteiger charge is -2.12. The minimum absolute atomic E-state index is 0.0595. The van der Waals surface area contributed by atoms with E-state index < -0.39 is 0 Å². The maximum absolute atomic E-state index is 11.0. The Bertz CT molecular complexity index is 407. The summed E-state index contributed by atoms with van der Waals surface area (Å²) in [5.41, 5.74) is 0.605. The summed E-state index contributed by atoms with van der Waals surface area (Å²) in [7, 11) is 0. The number of nitro groups is 1. The van der Waals surface area contributed by atoms with Gasteiger partial charge in [-0.2, -0.15) is 0 Å². The second kappa shape index (κ2) is 6.83. The Balaban J connectivity index is 2.86. The third-order valence-electron chi connectivity index (χ3n) is 2.81. The zero-order valence-electron chi connectivity index (χ0n) is 11.1. The number of benzene rings is 1. The highest BCUT2D eigenvalue weighted by Gasteiger charge is 2.15. The molecule has 5 heteroatoms. The molecule has 100 valence electrons. The van der Waals surface area contributed by atoms with Gasteiger partial charge in [-0.05, 0) is 25.0 Å². The van der Waals surface area contributed by atoms with Crippen molar-refractivity contribution in [3.63, 3.8) is 0 Å². The van der Waals surface area contributed by atoms with Crippen LogP contribution >= 0.6 is 0 Å². The molecule has 1 N–H and O–H groups in total. The van der Waals surface area contributed by atoms with Crippen LogP contribution in [0.4, 0.5) is 11.4 Å². The van der Waals surface area contributed by atoms with Crippen LogP contribution in [0.25, 0.3) is 0 Å². The molecule has 0 bridgehead atoms. The lowest BCUT2D eigenvalue weighted by molar-refractivity contribution is -0.384. The number of hydrogen-bond acceptors (Lipinski definition) is 4. The number of nitrogens with one attached hydrogen (secondary N) is 1. The number of nitro benzene ring substituents is 1. The number of hydrogen-bond donors (Lipinski definition) is 1. The summed E-state index contributed by atoms with van der Waals surface area (Å²) in [4.78, 5) is 10.6. The first-order valence-corrected chi connectivity index (χ1v) is 6.23. The van der Waals surface area contributed by atoms with Crippen LogP contribution in [0, 0.1) is 16.0 Å². The van der Waals surface area contributed by atoms with Crippen molar-refractivity contribution in [2.75, 3.05) is 18.5 Å². The molecule has 1 aromatic carbocycles.